The van der Waals surface area contributed by atoms with Gasteiger partial charge >= 0.3 is 0 Å². The molecule has 0 aromatic rings. The number of nitrogens with zero attached hydrogens (tertiary/aromatic N) is 1. The zero-order chi connectivity index (χ0) is 10.3. The summed E-state index contributed by atoms with van der Waals surface area (Å²) in [5.41, 5.74) is -0.835. The predicted molar refractivity (Wildman–Crippen MR) is 51.2 cm³/mol. The lowest BCUT2D eigenvalue weighted by Crippen LogP contribution is -2.34. The van der Waals surface area contributed by atoms with Gasteiger partial charge in [-0.25, -0.2) is 0 Å². The minimum atomic E-state index is -0.835. The zero-order valence-corrected chi connectivity index (χ0v) is 8.45. The van der Waals surface area contributed by atoms with E-state index in [1.54, 1.807) is 6.92 Å². The van der Waals surface area contributed by atoms with Crippen LogP contribution in [-0.4, -0.2) is 22.2 Å². The Labute approximate surface area is 79.1 Å². The van der Waals surface area contributed by atoms with Crippen LogP contribution >= 0.6 is 0 Å². The molecule has 4 heteroatoms. The van der Waals surface area contributed by atoms with E-state index in [1.807, 2.05) is 6.92 Å². The number of unbranched alkanes of at least 4 members (excludes halogenated alkanes) is 1. The Morgan fingerprint density at radius 2 is 1.92 bits per heavy atom. The van der Waals surface area contributed by atoms with Crippen LogP contribution in [0, 0.1) is 10.1 Å². The molecule has 13 heavy (non-hydrogen) atoms. The molecule has 4 nitrogen and oxygen atoms in total. The molecular weight excluding hydrogens is 170 g/mol. The van der Waals surface area contributed by atoms with Crippen molar-refractivity contribution in [2.45, 2.75) is 51.5 Å². The van der Waals surface area contributed by atoms with Crippen molar-refractivity contribution in [3.05, 3.63) is 10.1 Å². The van der Waals surface area contributed by atoms with E-state index >= 15 is 0 Å². The van der Waals surface area contributed by atoms with E-state index in [0.29, 0.717) is 19.3 Å². The summed E-state index contributed by atoms with van der Waals surface area (Å²) in [6.45, 7) is 3.72. The van der Waals surface area contributed by atoms with Gasteiger partial charge in [0.05, 0.1) is 0 Å². The number of aliphatic hydroxyl groups is 1. The summed E-state index contributed by atoms with van der Waals surface area (Å²) >= 11 is 0. The third-order valence-electron chi connectivity index (χ3n) is 2.38. The molecule has 0 aromatic carbocycles. The van der Waals surface area contributed by atoms with Crippen molar-refractivity contribution < 1.29 is 10.0 Å². The van der Waals surface area contributed by atoms with E-state index in [2.05, 4.69) is 0 Å². The Balaban J connectivity index is 4.08. The molecule has 0 fully saturated rings. The Bertz CT molecular complexity index is 151. The fourth-order valence-electron chi connectivity index (χ4n) is 1.33. The molecule has 0 aliphatic heterocycles. The van der Waals surface area contributed by atoms with Crippen molar-refractivity contribution >= 4 is 0 Å². The maximum absolute atomic E-state index is 10.8. The highest BCUT2D eigenvalue weighted by Crippen LogP contribution is 2.23. The average molecular weight is 189 g/mol. The van der Waals surface area contributed by atoms with Crippen molar-refractivity contribution in [1.29, 1.82) is 0 Å². The van der Waals surface area contributed by atoms with Crippen LogP contribution in [0.5, 0.6) is 0 Å². The lowest BCUT2D eigenvalue weighted by Gasteiger charge is -2.19. The summed E-state index contributed by atoms with van der Waals surface area (Å²) in [5.74, 6) is 0. The predicted octanol–water partition coefficient (Wildman–Crippen LogP) is 1.98. The minimum Gasteiger partial charge on any atom is -0.396 e. The van der Waals surface area contributed by atoms with Crippen molar-refractivity contribution in [2.75, 3.05) is 6.61 Å². The van der Waals surface area contributed by atoms with Gasteiger partial charge in [0, 0.05) is 31.3 Å². The Morgan fingerprint density at radius 3 is 2.31 bits per heavy atom. The van der Waals surface area contributed by atoms with Crippen molar-refractivity contribution in [3.63, 3.8) is 0 Å². The molecular formula is C9H19NO3. The standard InChI is InChI=1S/C9H19NO3/c1-3-4-6-9(2,10(12)13)7-5-8-11/h11H,3-8H2,1-2H3. The van der Waals surface area contributed by atoms with E-state index in [0.717, 1.165) is 12.8 Å². The SMILES string of the molecule is CCCCC(C)(CCCO)[N+](=O)[O-]. The fourth-order valence-corrected chi connectivity index (χ4v) is 1.33. The van der Waals surface area contributed by atoms with Crippen molar-refractivity contribution in [1.82, 2.24) is 0 Å². The van der Waals surface area contributed by atoms with Crippen LogP contribution in [0.1, 0.15) is 46.0 Å². The first-order valence-electron chi connectivity index (χ1n) is 4.82. The first-order chi connectivity index (χ1) is 6.06. The summed E-state index contributed by atoms with van der Waals surface area (Å²) < 4.78 is 0. The summed E-state index contributed by atoms with van der Waals surface area (Å²) in [5, 5.41) is 19.4. The maximum Gasteiger partial charge on any atom is 0.219 e. The maximum atomic E-state index is 10.8. The second-order valence-electron chi connectivity index (χ2n) is 3.68. The molecule has 0 aliphatic carbocycles. The van der Waals surface area contributed by atoms with Crippen LogP contribution in [0.4, 0.5) is 0 Å². The molecule has 0 heterocycles. The summed E-state index contributed by atoms with van der Waals surface area (Å²) in [6, 6.07) is 0. The quantitative estimate of drug-likeness (QED) is 0.492. The summed E-state index contributed by atoms with van der Waals surface area (Å²) in [6.07, 6.45) is 3.44. The van der Waals surface area contributed by atoms with E-state index in [9.17, 15) is 10.1 Å². The number of hydrogen-bond donors (Lipinski definition) is 1. The first-order valence-corrected chi connectivity index (χ1v) is 4.82. The second-order valence-corrected chi connectivity index (χ2v) is 3.68. The van der Waals surface area contributed by atoms with Gasteiger partial charge in [-0.3, -0.25) is 10.1 Å². The van der Waals surface area contributed by atoms with E-state index in [4.69, 9.17) is 5.11 Å². The molecule has 0 aliphatic rings. The Hall–Kier alpha value is -0.640. The molecule has 0 saturated heterocycles. The van der Waals surface area contributed by atoms with E-state index in [1.165, 1.54) is 0 Å². The number of aliphatic hydroxyl groups excluding tert-OH is 1. The van der Waals surface area contributed by atoms with Crippen LogP contribution in [0.15, 0.2) is 0 Å². The molecule has 1 unspecified atom stereocenters. The van der Waals surface area contributed by atoms with Gasteiger partial charge in [0.25, 0.3) is 0 Å². The topological polar surface area (TPSA) is 63.4 Å². The van der Waals surface area contributed by atoms with Gasteiger partial charge in [-0.1, -0.05) is 13.3 Å². The molecule has 0 saturated carbocycles. The lowest BCUT2D eigenvalue weighted by molar-refractivity contribution is -0.568. The van der Waals surface area contributed by atoms with E-state index < -0.39 is 5.54 Å². The van der Waals surface area contributed by atoms with Crippen LogP contribution in [-0.2, 0) is 0 Å². The van der Waals surface area contributed by atoms with Crippen LogP contribution in [0.25, 0.3) is 0 Å². The Kier molecular flexibility index (Phi) is 5.62. The lowest BCUT2D eigenvalue weighted by atomic mass is 9.91. The highest BCUT2D eigenvalue weighted by atomic mass is 16.6. The normalized spacial score (nSPS) is 15.3. The van der Waals surface area contributed by atoms with Crippen molar-refractivity contribution in [2.24, 2.45) is 0 Å². The molecule has 1 N–H and O–H groups in total. The van der Waals surface area contributed by atoms with Gasteiger partial charge in [-0.05, 0) is 12.8 Å². The molecule has 0 rings (SSSR count). The number of nitro groups is 1. The van der Waals surface area contributed by atoms with Crippen molar-refractivity contribution in [3.8, 4) is 0 Å². The average Bonchev–Trinajstić information content (AvgIpc) is 2.11. The molecule has 0 amide bonds. The van der Waals surface area contributed by atoms with Gasteiger partial charge in [0.15, 0.2) is 0 Å². The highest BCUT2D eigenvalue weighted by molar-refractivity contribution is 4.73. The van der Waals surface area contributed by atoms with Gasteiger partial charge in [0.2, 0.25) is 5.54 Å². The molecule has 0 spiro atoms. The van der Waals surface area contributed by atoms with Gasteiger partial charge in [0.1, 0.15) is 0 Å². The molecule has 0 bridgehead atoms. The molecule has 78 valence electrons. The Morgan fingerprint density at radius 1 is 1.38 bits per heavy atom. The van der Waals surface area contributed by atoms with Crippen LogP contribution in [0.3, 0.4) is 0 Å². The molecule has 1 atom stereocenters. The largest absolute Gasteiger partial charge is 0.396 e. The van der Waals surface area contributed by atoms with Crippen LogP contribution in [0.2, 0.25) is 0 Å². The number of rotatable bonds is 7. The smallest absolute Gasteiger partial charge is 0.219 e. The summed E-state index contributed by atoms with van der Waals surface area (Å²) in [7, 11) is 0. The first kappa shape index (κ1) is 12.4. The third kappa shape index (κ3) is 4.22. The molecule has 0 radical (unpaired) electrons. The second kappa shape index (κ2) is 5.91. The number of hydrogen-bond acceptors (Lipinski definition) is 3. The van der Waals surface area contributed by atoms with Gasteiger partial charge in [-0.15, -0.1) is 0 Å². The highest BCUT2D eigenvalue weighted by Gasteiger charge is 2.35. The van der Waals surface area contributed by atoms with E-state index in [-0.39, 0.29) is 11.5 Å². The minimum absolute atomic E-state index is 0.0373. The van der Waals surface area contributed by atoms with Gasteiger partial charge in [-0.2, -0.15) is 0 Å². The molecule has 0 aromatic heterocycles. The summed E-state index contributed by atoms with van der Waals surface area (Å²) in [4.78, 5) is 10.5. The van der Waals surface area contributed by atoms with Gasteiger partial charge < -0.3 is 5.11 Å². The monoisotopic (exact) mass is 189 g/mol. The van der Waals surface area contributed by atoms with Crippen LogP contribution < -0.4 is 0 Å². The zero-order valence-electron chi connectivity index (χ0n) is 8.45. The third-order valence-corrected chi connectivity index (χ3v) is 2.38. The fraction of sp³-hybridized carbons (Fsp3) is 1.00.